The number of fused-ring (bicyclic) bond motifs is 1. The van der Waals surface area contributed by atoms with Crippen LogP contribution in [0.15, 0.2) is 71.6 Å². The van der Waals surface area contributed by atoms with E-state index in [9.17, 15) is 13.2 Å². The number of carbonyl (C=O) groups excluding carboxylic acids is 1. The van der Waals surface area contributed by atoms with Gasteiger partial charge >= 0.3 is 0 Å². The molecule has 1 aliphatic rings. The Bertz CT molecular complexity index is 1220. The molecule has 1 aliphatic heterocycles. The third-order valence-electron chi connectivity index (χ3n) is 6.13. The molecule has 1 saturated heterocycles. The van der Waals surface area contributed by atoms with Gasteiger partial charge < -0.3 is 14.8 Å². The molecule has 0 atom stereocenters. The van der Waals surface area contributed by atoms with Gasteiger partial charge in [0.05, 0.1) is 11.5 Å². The molecule has 0 unspecified atom stereocenters. The number of carbonyl (C=O) groups is 1. The molecule has 0 bridgehead atoms. The van der Waals surface area contributed by atoms with Gasteiger partial charge in [0.2, 0.25) is 15.9 Å². The molecule has 0 aromatic heterocycles. The minimum atomic E-state index is -3.59. The number of hydrogen-bond acceptors (Lipinski definition) is 5. The highest BCUT2D eigenvalue weighted by atomic mass is 32.2. The predicted molar refractivity (Wildman–Crippen MR) is 131 cm³/mol. The van der Waals surface area contributed by atoms with Crippen molar-refractivity contribution in [3.63, 3.8) is 0 Å². The number of benzene rings is 3. The van der Waals surface area contributed by atoms with Crippen LogP contribution in [-0.4, -0.2) is 52.0 Å². The molecule has 0 saturated carbocycles. The summed E-state index contributed by atoms with van der Waals surface area (Å²) in [6, 6.07) is 20.5. The van der Waals surface area contributed by atoms with E-state index in [0.717, 1.165) is 22.1 Å². The molecule has 8 heteroatoms. The first-order chi connectivity index (χ1) is 16.5. The van der Waals surface area contributed by atoms with E-state index in [4.69, 9.17) is 9.47 Å². The number of rotatable bonds is 9. The molecule has 3 aromatic carbocycles. The van der Waals surface area contributed by atoms with Crippen LogP contribution in [0, 0.1) is 5.92 Å². The molecule has 7 nitrogen and oxygen atoms in total. The quantitative estimate of drug-likeness (QED) is 0.471. The van der Waals surface area contributed by atoms with E-state index in [0.29, 0.717) is 50.6 Å². The van der Waals surface area contributed by atoms with Gasteiger partial charge in [0.25, 0.3) is 0 Å². The van der Waals surface area contributed by atoms with Crippen molar-refractivity contribution in [1.82, 2.24) is 9.62 Å². The summed E-state index contributed by atoms with van der Waals surface area (Å²) >= 11 is 0. The maximum absolute atomic E-state index is 13.1. The number of methoxy groups -OCH3 is 1. The second-order valence-electron chi connectivity index (χ2n) is 8.39. The summed E-state index contributed by atoms with van der Waals surface area (Å²) in [5.41, 5.74) is 0.976. The highest BCUT2D eigenvalue weighted by Gasteiger charge is 2.32. The average Bonchev–Trinajstić information content (AvgIpc) is 2.88. The van der Waals surface area contributed by atoms with Gasteiger partial charge in [-0.25, -0.2) is 8.42 Å². The Morgan fingerprint density at radius 1 is 0.971 bits per heavy atom. The van der Waals surface area contributed by atoms with E-state index in [1.807, 2.05) is 54.6 Å². The molecular weight excluding hydrogens is 452 g/mol. The van der Waals surface area contributed by atoms with Gasteiger partial charge in [-0.05, 0) is 53.4 Å². The molecule has 0 spiro atoms. The third-order valence-corrected chi connectivity index (χ3v) is 8.02. The lowest BCUT2D eigenvalue weighted by atomic mass is 9.97. The smallest absolute Gasteiger partial charge is 0.243 e. The standard InChI is InChI=1S/C26H30N2O5S/c1-32-16-17-33-24-9-6-20(7-10-24)19-27-26(29)22-12-14-28(15-13-22)34(30,31)25-11-8-21-4-2-3-5-23(21)18-25/h2-11,18,22H,12-17,19H2,1H3,(H,27,29). The summed E-state index contributed by atoms with van der Waals surface area (Å²) in [7, 11) is -1.96. The third kappa shape index (κ3) is 5.75. The largest absolute Gasteiger partial charge is 0.491 e. The number of nitrogens with one attached hydrogen (secondary N) is 1. The monoisotopic (exact) mass is 482 g/mol. The zero-order valence-electron chi connectivity index (χ0n) is 19.3. The van der Waals surface area contributed by atoms with Crippen LogP contribution >= 0.6 is 0 Å². The van der Waals surface area contributed by atoms with Gasteiger partial charge in [-0.3, -0.25) is 4.79 Å². The predicted octanol–water partition coefficient (Wildman–Crippen LogP) is 3.58. The first-order valence-corrected chi connectivity index (χ1v) is 12.9. The highest BCUT2D eigenvalue weighted by molar-refractivity contribution is 7.89. The van der Waals surface area contributed by atoms with Crippen molar-refractivity contribution in [3.05, 3.63) is 72.3 Å². The molecule has 1 N–H and O–H groups in total. The van der Waals surface area contributed by atoms with Gasteiger partial charge in [0, 0.05) is 32.7 Å². The van der Waals surface area contributed by atoms with E-state index in [-0.39, 0.29) is 11.8 Å². The zero-order valence-corrected chi connectivity index (χ0v) is 20.1. The lowest BCUT2D eigenvalue weighted by Gasteiger charge is -2.30. The Morgan fingerprint density at radius 2 is 1.68 bits per heavy atom. The van der Waals surface area contributed by atoms with Crippen molar-refractivity contribution in [2.24, 2.45) is 5.92 Å². The first-order valence-electron chi connectivity index (χ1n) is 11.4. The van der Waals surface area contributed by atoms with Crippen LogP contribution in [0.2, 0.25) is 0 Å². The fourth-order valence-corrected chi connectivity index (χ4v) is 5.62. The van der Waals surface area contributed by atoms with E-state index in [1.165, 1.54) is 4.31 Å². The van der Waals surface area contributed by atoms with Gasteiger partial charge in [-0.1, -0.05) is 42.5 Å². The Balaban J connectivity index is 1.28. The zero-order chi connectivity index (χ0) is 24.0. The van der Waals surface area contributed by atoms with Crippen LogP contribution in [0.5, 0.6) is 5.75 Å². The van der Waals surface area contributed by atoms with Crippen molar-refractivity contribution in [2.45, 2.75) is 24.3 Å². The SMILES string of the molecule is COCCOc1ccc(CNC(=O)C2CCN(S(=O)(=O)c3ccc4ccccc4c3)CC2)cc1. The van der Waals surface area contributed by atoms with Crippen molar-refractivity contribution in [1.29, 1.82) is 0 Å². The fourth-order valence-electron chi connectivity index (χ4n) is 4.12. The van der Waals surface area contributed by atoms with Crippen LogP contribution in [-0.2, 0) is 26.1 Å². The van der Waals surface area contributed by atoms with Gasteiger partial charge in [0.15, 0.2) is 0 Å². The molecule has 4 rings (SSSR count). The Hall–Kier alpha value is -2.94. The van der Waals surface area contributed by atoms with Gasteiger partial charge in [0.1, 0.15) is 12.4 Å². The second kappa shape index (κ2) is 11.0. The lowest BCUT2D eigenvalue weighted by molar-refractivity contribution is -0.126. The maximum Gasteiger partial charge on any atom is 0.243 e. The van der Waals surface area contributed by atoms with Crippen LogP contribution in [0.1, 0.15) is 18.4 Å². The number of piperidine rings is 1. The van der Waals surface area contributed by atoms with Crippen molar-refractivity contribution >= 4 is 26.7 Å². The average molecular weight is 483 g/mol. The summed E-state index contributed by atoms with van der Waals surface area (Å²) in [6.07, 6.45) is 1.01. The summed E-state index contributed by atoms with van der Waals surface area (Å²) in [4.78, 5) is 13.0. The first kappa shape index (κ1) is 24.2. The second-order valence-corrected chi connectivity index (χ2v) is 10.3. The number of amides is 1. The van der Waals surface area contributed by atoms with Crippen LogP contribution in [0.3, 0.4) is 0 Å². The normalized spacial score (nSPS) is 15.3. The lowest BCUT2D eigenvalue weighted by Crippen LogP contribution is -2.42. The van der Waals surface area contributed by atoms with Gasteiger partial charge in [-0.15, -0.1) is 0 Å². The van der Waals surface area contributed by atoms with Crippen molar-refractivity contribution in [2.75, 3.05) is 33.4 Å². The van der Waals surface area contributed by atoms with Crippen LogP contribution in [0.4, 0.5) is 0 Å². The fraction of sp³-hybridized carbons (Fsp3) is 0.346. The number of nitrogens with zero attached hydrogens (tertiary/aromatic N) is 1. The summed E-state index contributed by atoms with van der Waals surface area (Å²) < 4.78 is 38.3. The molecule has 1 heterocycles. The van der Waals surface area contributed by atoms with E-state index in [2.05, 4.69) is 5.32 Å². The number of sulfonamides is 1. The Labute approximate surface area is 200 Å². The Morgan fingerprint density at radius 3 is 2.38 bits per heavy atom. The summed E-state index contributed by atoms with van der Waals surface area (Å²) in [6.45, 7) is 2.11. The topological polar surface area (TPSA) is 84.9 Å². The highest BCUT2D eigenvalue weighted by Crippen LogP contribution is 2.26. The molecule has 0 aliphatic carbocycles. The van der Waals surface area contributed by atoms with Gasteiger partial charge in [-0.2, -0.15) is 4.31 Å². The maximum atomic E-state index is 13.1. The number of hydrogen-bond donors (Lipinski definition) is 1. The van der Waals surface area contributed by atoms with E-state index >= 15 is 0 Å². The van der Waals surface area contributed by atoms with E-state index < -0.39 is 10.0 Å². The Kier molecular flexibility index (Phi) is 7.82. The van der Waals surface area contributed by atoms with Crippen LogP contribution in [0.25, 0.3) is 10.8 Å². The molecular formula is C26H30N2O5S. The molecule has 34 heavy (non-hydrogen) atoms. The molecule has 0 radical (unpaired) electrons. The van der Waals surface area contributed by atoms with E-state index in [1.54, 1.807) is 19.2 Å². The molecule has 1 fully saturated rings. The number of ether oxygens (including phenoxy) is 2. The minimum Gasteiger partial charge on any atom is -0.491 e. The van der Waals surface area contributed by atoms with Crippen molar-refractivity contribution < 1.29 is 22.7 Å². The molecule has 180 valence electrons. The molecule has 3 aromatic rings. The minimum absolute atomic E-state index is 0.0387. The van der Waals surface area contributed by atoms with Crippen molar-refractivity contribution in [3.8, 4) is 5.75 Å². The van der Waals surface area contributed by atoms with Crippen LogP contribution < -0.4 is 10.1 Å². The summed E-state index contributed by atoms with van der Waals surface area (Å²) in [5, 5.41) is 4.88. The molecule has 1 amide bonds. The summed E-state index contributed by atoms with van der Waals surface area (Å²) in [5.74, 6) is 0.523.